The van der Waals surface area contributed by atoms with E-state index in [1.807, 2.05) is 13.0 Å². The Morgan fingerprint density at radius 3 is 2.57 bits per heavy atom. The Labute approximate surface area is 204 Å². The molecule has 1 amide bonds. The van der Waals surface area contributed by atoms with E-state index in [1.54, 1.807) is 57.4 Å². The quantitative estimate of drug-likeness (QED) is 0.371. The van der Waals surface area contributed by atoms with Gasteiger partial charge in [0.15, 0.2) is 10.6 Å². The van der Waals surface area contributed by atoms with E-state index in [1.165, 1.54) is 4.90 Å². The first-order valence-electron chi connectivity index (χ1n) is 11.0. The average molecular weight is 491 g/mol. The zero-order valence-electron chi connectivity index (χ0n) is 19.6. The number of aromatic nitrogens is 1. The molecule has 5 rings (SSSR count). The molecule has 0 radical (unpaired) electrons. The molecule has 1 aliphatic heterocycles. The van der Waals surface area contributed by atoms with Crippen LogP contribution in [0.2, 0.25) is 0 Å². The number of ether oxygens (including phenoxy) is 2. The predicted molar refractivity (Wildman–Crippen MR) is 132 cm³/mol. The summed E-state index contributed by atoms with van der Waals surface area (Å²) in [6, 6.07) is 11.6. The fourth-order valence-corrected chi connectivity index (χ4v) is 5.24. The molecule has 3 heterocycles. The molecule has 178 valence electrons. The summed E-state index contributed by atoms with van der Waals surface area (Å²) in [5.41, 5.74) is 2.33. The van der Waals surface area contributed by atoms with Gasteiger partial charge >= 0.3 is 5.97 Å². The fraction of sp³-hybridized carbons (Fsp3) is 0.231. The van der Waals surface area contributed by atoms with Crippen molar-refractivity contribution in [3.8, 4) is 5.75 Å². The third kappa shape index (κ3) is 3.68. The van der Waals surface area contributed by atoms with Crippen LogP contribution in [0.1, 0.15) is 55.6 Å². The third-order valence-electron chi connectivity index (χ3n) is 5.91. The van der Waals surface area contributed by atoms with Crippen molar-refractivity contribution in [1.29, 1.82) is 0 Å². The van der Waals surface area contributed by atoms with E-state index < -0.39 is 17.9 Å². The molecule has 35 heavy (non-hydrogen) atoms. The topological polar surface area (TPSA) is 98.9 Å². The number of methoxy groups -OCH3 is 1. The fourth-order valence-electron chi connectivity index (χ4n) is 4.26. The van der Waals surface area contributed by atoms with Crippen LogP contribution in [-0.4, -0.2) is 30.6 Å². The van der Waals surface area contributed by atoms with Gasteiger partial charge in [-0.15, -0.1) is 0 Å². The summed E-state index contributed by atoms with van der Waals surface area (Å²) >= 11 is 1.05. The largest absolute Gasteiger partial charge is 0.497 e. The van der Waals surface area contributed by atoms with Gasteiger partial charge in [-0.1, -0.05) is 35.1 Å². The lowest BCUT2D eigenvalue weighted by molar-refractivity contribution is 0.0531. The molecule has 9 heteroatoms. The summed E-state index contributed by atoms with van der Waals surface area (Å²) in [5, 5.41) is 0.682. The van der Waals surface area contributed by atoms with Gasteiger partial charge in [0.05, 0.1) is 36.4 Å². The van der Waals surface area contributed by atoms with Crippen LogP contribution in [0, 0.1) is 13.8 Å². The molecule has 2 aromatic carbocycles. The minimum atomic E-state index is -0.787. The van der Waals surface area contributed by atoms with Crippen LogP contribution in [0.25, 0.3) is 11.0 Å². The number of benzene rings is 2. The highest BCUT2D eigenvalue weighted by Gasteiger charge is 2.45. The minimum absolute atomic E-state index is 0.0299. The number of rotatable bonds is 5. The van der Waals surface area contributed by atoms with Crippen LogP contribution < -0.4 is 15.1 Å². The van der Waals surface area contributed by atoms with Crippen molar-refractivity contribution in [2.24, 2.45) is 0 Å². The predicted octanol–water partition coefficient (Wildman–Crippen LogP) is 4.80. The zero-order chi connectivity index (χ0) is 24.9. The van der Waals surface area contributed by atoms with Gasteiger partial charge < -0.3 is 13.9 Å². The number of carbonyl (C=O) groups excluding carboxylic acids is 2. The van der Waals surface area contributed by atoms with E-state index >= 15 is 0 Å². The molecule has 1 atom stereocenters. The number of amides is 1. The number of hydrogen-bond acceptors (Lipinski definition) is 8. The molecular formula is C26H22N2O6S. The Morgan fingerprint density at radius 2 is 1.89 bits per heavy atom. The number of carbonyl (C=O) groups is 2. The summed E-state index contributed by atoms with van der Waals surface area (Å²) in [4.78, 5) is 46.1. The Kier molecular flexibility index (Phi) is 5.64. The first kappa shape index (κ1) is 22.8. The highest BCUT2D eigenvalue weighted by Crippen LogP contribution is 2.43. The van der Waals surface area contributed by atoms with E-state index in [0.29, 0.717) is 32.9 Å². The van der Waals surface area contributed by atoms with Gasteiger partial charge in [0.25, 0.3) is 5.91 Å². The lowest BCUT2D eigenvalue weighted by Gasteiger charge is -2.22. The third-order valence-corrected chi connectivity index (χ3v) is 7.05. The SMILES string of the molecule is CCOC(=O)c1sc(N2C(=O)c3oc4ccc(C)cc4c(=O)c3[C@@H]2c2ccc(OC)cc2)nc1C. The molecule has 0 N–H and O–H groups in total. The van der Waals surface area contributed by atoms with Gasteiger partial charge in [-0.25, -0.2) is 9.78 Å². The van der Waals surface area contributed by atoms with Crippen LogP contribution >= 0.6 is 11.3 Å². The van der Waals surface area contributed by atoms with Crippen LogP contribution in [0.3, 0.4) is 0 Å². The Hall–Kier alpha value is -3.98. The van der Waals surface area contributed by atoms with Crippen molar-refractivity contribution >= 4 is 39.3 Å². The Balaban J connectivity index is 1.74. The summed E-state index contributed by atoms with van der Waals surface area (Å²) in [7, 11) is 1.56. The first-order valence-corrected chi connectivity index (χ1v) is 11.8. The highest BCUT2D eigenvalue weighted by molar-refractivity contribution is 7.17. The maximum absolute atomic E-state index is 13.7. The summed E-state index contributed by atoms with van der Waals surface area (Å²) in [5.74, 6) is -0.391. The monoisotopic (exact) mass is 490 g/mol. The van der Waals surface area contributed by atoms with E-state index in [9.17, 15) is 14.4 Å². The second-order valence-corrected chi connectivity index (χ2v) is 9.13. The van der Waals surface area contributed by atoms with Crippen molar-refractivity contribution in [2.75, 3.05) is 18.6 Å². The van der Waals surface area contributed by atoms with Gasteiger partial charge in [-0.2, -0.15) is 0 Å². The molecule has 2 aromatic heterocycles. The average Bonchev–Trinajstić information content (AvgIpc) is 3.37. The molecule has 0 spiro atoms. The first-order chi connectivity index (χ1) is 16.8. The minimum Gasteiger partial charge on any atom is -0.497 e. The summed E-state index contributed by atoms with van der Waals surface area (Å²) < 4.78 is 16.4. The molecule has 0 bridgehead atoms. The van der Waals surface area contributed by atoms with Crippen molar-refractivity contribution < 1.29 is 23.5 Å². The van der Waals surface area contributed by atoms with Crippen LogP contribution in [0.15, 0.2) is 51.7 Å². The van der Waals surface area contributed by atoms with Gasteiger partial charge in [-0.05, 0) is 50.6 Å². The molecule has 1 aliphatic rings. The number of thiazole rings is 1. The molecule has 0 fully saturated rings. The number of esters is 1. The number of nitrogens with zero attached hydrogens (tertiary/aromatic N) is 2. The van der Waals surface area contributed by atoms with E-state index in [4.69, 9.17) is 13.9 Å². The van der Waals surface area contributed by atoms with E-state index in [0.717, 1.165) is 16.9 Å². The normalized spacial score (nSPS) is 14.9. The van der Waals surface area contributed by atoms with Crippen LogP contribution in [0.4, 0.5) is 5.13 Å². The summed E-state index contributed by atoms with van der Waals surface area (Å²) in [6.07, 6.45) is 0. The maximum Gasteiger partial charge on any atom is 0.350 e. The second kappa shape index (κ2) is 8.66. The van der Waals surface area contributed by atoms with Gasteiger partial charge in [0.1, 0.15) is 16.2 Å². The van der Waals surface area contributed by atoms with Gasteiger partial charge in [0.2, 0.25) is 5.76 Å². The number of hydrogen-bond donors (Lipinski definition) is 0. The smallest absolute Gasteiger partial charge is 0.350 e. The standard InChI is InChI=1S/C26H22N2O6S/c1-5-33-25(31)23-14(3)27-26(35-23)28-20(15-7-9-16(32-4)10-8-15)19-21(29)17-12-13(2)6-11-18(17)34-22(19)24(28)30/h6-12,20H,5H2,1-4H3/t20-/m0/s1. The molecule has 0 unspecified atom stereocenters. The van der Waals surface area contributed by atoms with E-state index in [-0.39, 0.29) is 28.5 Å². The molecule has 0 aliphatic carbocycles. The van der Waals surface area contributed by atoms with Crippen molar-refractivity contribution in [1.82, 2.24) is 4.98 Å². The van der Waals surface area contributed by atoms with Gasteiger partial charge in [0, 0.05) is 0 Å². The van der Waals surface area contributed by atoms with Crippen molar-refractivity contribution in [2.45, 2.75) is 26.8 Å². The zero-order valence-corrected chi connectivity index (χ0v) is 20.4. The van der Waals surface area contributed by atoms with Crippen LogP contribution in [-0.2, 0) is 4.74 Å². The second-order valence-electron chi connectivity index (χ2n) is 8.16. The van der Waals surface area contributed by atoms with Crippen molar-refractivity contribution in [3.05, 3.63) is 85.7 Å². The molecule has 4 aromatic rings. The molecule has 0 saturated heterocycles. The molecule has 8 nitrogen and oxygen atoms in total. The summed E-state index contributed by atoms with van der Waals surface area (Å²) in [6.45, 7) is 5.51. The number of anilines is 1. The molecule has 0 saturated carbocycles. The van der Waals surface area contributed by atoms with Crippen molar-refractivity contribution in [3.63, 3.8) is 0 Å². The molecular weight excluding hydrogens is 468 g/mol. The van der Waals surface area contributed by atoms with E-state index in [2.05, 4.69) is 4.98 Å². The highest BCUT2D eigenvalue weighted by atomic mass is 32.1. The van der Waals surface area contributed by atoms with Gasteiger partial charge in [-0.3, -0.25) is 14.5 Å². The van der Waals surface area contributed by atoms with Crippen LogP contribution in [0.5, 0.6) is 5.75 Å². The number of aryl methyl sites for hydroxylation is 2. The maximum atomic E-state index is 13.7. The Bertz CT molecular complexity index is 1540. The Morgan fingerprint density at radius 1 is 1.14 bits per heavy atom. The lowest BCUT2D eigenvalue weighted by Crippen LogP contribution is -2.29. The number of fused-ring (bicyclic) bond motifs is 2. The lowest BCUT2D eigenvalue weighted by atomic mass is 9.98.